The van der Waals surface area contributed by atoms with E-state index < -0.39 is 0 Å². The number of amides is 1. The number of rotatable bonds is 6. The Morgan fingerprint density at radius 3 is 2.95 bits per heavy atom. The predicted octanol–water partition coefficient (Wildman–Crippen LogP) is 1.59. The van der Waals surface area contributed by atoms with Crippen LogP contribution in [0, 0.1) is 12.3 Å². The minimum atomic E-state index is -0.0493. The maximum Gasteiger partial charge on any atom is 0.234 e. The van der Waals surface area contributed by atoms with E-state index >= 15 is 0 Å². The fourth-order valence-corrected chi connectivity index (χ4v) is 2.86. The highest BCUT2D eigenvalue weighted by atomic mass is 16.5. The molecule has 2 rings (SSSR count). The van der Waals surface area contributed by atoms with Crippen LogP contribution in [0.4, 0.5) is 0 Å². The van der Waals surface area contributed by atoms with Crippen LogP contribution < -0.4 is 14.8 Å². The van der Waals surface area contributed by atoms with Crippen LogP contribution in [-0.2, 0) is 4.79 Å². The van der Waals surface area contributed by atoms with Crippen molar-refractivity contribution in [3.05, 3.63) is 23.8 Å². The molecule has 0 bridgehead atoms. The van der Waals surface area contributed by atoms with Crippen molar-refractivity contribution in [1.29, 1.82) is 0 Å². The first-order chi connectivity index (χ1) is 10.7. The van der Waals surface area contributed by atoms with Gasteiger partial charge in [0.25, 0.3) is 0 Å². The molecule has 0 aliphatic carbocycles. The van der Waals surface area contributed by atoms with E-state index in [1.54, 1.807) is 14.2 Å². The molecule has 1 N–H and O–H groups in total. The molecule has 0 radical (unpaired) electrons. The lowest BCUT2D eigenvalue weighted by Gasteiger charge is -2.25. The quantitative estimate of drug-likeness (QED) is 0.811. The van der Waals surface area contributed by atoms with E-state index in [-0.39, 0.29) is 18.5 Å². The van der Waals surface area contributed by atoms with Crippen molar-refractivity contribution in [3.8, 4) is 23.8 Å². The largest absolute Gasteiger partial charge is 0.497 e. The molecule has 0 unspecified atom stereocenters. The summed E-state index contributed by atoms with van der Waals surface area (Å²) in [5.74, 6) is 3.98. The third-order valence-electron chi connectivity index (χ3n) is 3.89. The molecule has 5 nitrogen and oxygen atoms in total. The first kappa shape index (κ1) is 16.2. The fourth-order valence-electron chi connectivity index (χ4n) is 2.86. The van der Waals surface area contributed by atoms with Crippen molar-refractivity contribution >= 4 is 5.91 Å². The van der Waals surface area contributed by atoms with E-state index in [0.717, 1.165) is 36.4 Å². The average Bonchev–Trinajstić information content (AvgIpc) is 3.00. The van der Waals surface area contributed by atoms with E-state index in [0.29, 0.717) is 6.54 Å². The Balaban J connectivity index is 2.16. The van der Waals surface area contributed by atoms with Crippen LogP contribution in [0.3, 0.4) is 0 Å². The summed E-state index contributed by atoms with van der Waals surface area (Å²) in [6.45, 7) is 1.49. The molecule has 1 aliphatic heterocycles. The zero-order chi connectivity index (χ0) is 15.9. The molecular weight excluding hydrogens is 280 g/mol. The monoisotopic (exact) mass is 302 g/mol. The minimum Gasteiger partial charge on any atom is -0.497 e. The van der Waals surface area contributed by atoms with Crippen LogP contribution in [-0.4, -0.2) is 44.7 Å². The number of benzene rings is 1. The van der Waals surface area contributed by atoms with Crippen molar-refractivity contribution < 1.29 is 14.3 Å². The Hall–Kier alpha value is -2.19. The van der Waals surface area contributed by atoms with Crippen molar-refractivity contribution in [2.24, 2.45) is 0 Å². The van der Waals surface area contributed by atoms with Gasteiger partial charge < -0.3 is 14.8 Å². The smallest absolute Gasteiger partial charge is 0.234 e. The van der Waals surface area contributed by atoms with Crippen LogP contribution in [0.25, 0.3) is 0 Å². The van der Waals surface area contributed by atoms with E-state index in [2.05, 4.69) is 16.1 Å². The molecular formula is C17H22N2O3. The van der Waals surface area contributed by atoms with Gasteiger partial charge in [0, 0.05) is 11.6 Å². The van der Waals surface area contributed by atoms with Crippen molar-refractivity contribution in [3.63, 3.8) is 0 Å². The predicted molar refractivity (Wildman–Crippen MR) is 84.9 cm³/mol. The topological polar surface area (TPSA) is 50.8 Å². The molecule has 0 spiro atoms. The number of terminal acetylenes is 1. The molecule has 5 heteroatoms. The highest BCUT2D eigenvalue weighted by Crippen LogP contribution is 2.38. The second-order valence-corrected chi connectivity index (χ2v) is 5.22. The lowest BCUT2D eigenvalue weighted by molar-refractivity contribution is -0.122. The standard InChI is InChI=1S/C17H22N2O3/c1-4-9-18-17(20)12-19-10-5-6-15(19)14-11-13(21-2)7-8-16(14)22-3/h1,7-8,11,15H,5-6,9-10,12H2,2-3H3,(H,18,20)/t15-/m1/s1. The third-order valence-corrected chi connectivity index (χ3v) is 3.89. The van der Waals surface area contributed by atoms with Gasteiger partial charge >= 0.3 is 0 Å². The van der Waals surface area contributed by atoms with Gasteiger partial charge in [0.1, 0.15) is 11.5 Å². The summed E-state index contributed by atoms with van der Waals surface area (Å²) in [6.07, 6.45) is 7.21. The molecule has 1 fully saturated rings. The summed E-state index contributed by atoms with van der Waals surface area (Å²) in [5, 5.41) is 2.71. The maximum absolute atomic E-state index is 11.9. The zero-order valence-corrected chi connectivity index (χ0v) is 13.1. The van der Waals surface area contributed by atoms with Crippen LogP contribution in [0.5, 0.6) is 11.5 Å². The average molecular weight is 302 g/mol. The lowest BCUT2D eigenvalue weighted by Crippen LogP contribution is -2.37. The Bertz CT molecular complexity index is 566. The van der Waals surface area contributed by atoms with Crippen LogP contribution >= 0.6 is 0 Å². The highest BCUT2D eigenvalue weighted by Gasteiger charge is 2.29. The van der Waals surface area contributed by atoms with Crippen LogP contribution in [0.1, 0.15) is 24.4 Å². The number of likely N-dealkylation sites (tertiary alicyclic amines) is 1. The molecule has 0 saturated carbocycles. The normalized spacial score (nSPS) is 17.8. The van der Waals surface area contributed by atoms with E-state index in [1.165, 1.54) is 0 Å². The SMILES string of the molecule is C#CCNC(=O)CN1CCC[C@@H]1c1cc(OC)ccc1OC. The van der Waals surface area contributed by atoms with Gasteiger partial charge in [-0.05, 0) is 37.6 Å². The minimum absolute atomic E-state index is 0.0493. The Morgan fingerprint density at radius 1 is 1.45 bits per heavy atom. The second kappa shape index (κ2) is 7.71. The Morgan fingerprint density at radius 2 is 2.27 bits per heavy atom. The second-order valence-electron chi connectivity index (χ2n) is 5.22. The van der Waals surface area contributed by atoms with Gasteiger partial charge in [-0.15, -0.1) is 6.42 Å². The number of nitrogens with one attached hydrogen (secondary N) is 1. The number of ether oxygens (including phenoxy) is 2. The summed E-state index contributed by atoms with van der Waals surface area (Å²) in [6, 6.07) is 5.92. The molecule has 1 amide bonds. The molecule has 1 heterocycles. The molecule has 1 aliphatic rings. The number of carbonyl (C=O) groups excluding carboxylic acids is 1. The zero-order valence-electron chi connectivity index (χ0n) is 13.1. The number of hydrogen-bond acceptors (Lipinski definition) is 4. The molecule has 0 aromatic heterocycles. The van der Waals surface area contributed by atoms with E-state index in [1.807, 2.05) is 18.2 Å². The number of carbonyl (C=O) groups is 1. The van der Waals surface area contributed by atoms with E-state index in [4.69, 9.17) is 15.9 Å². The van der Waals surface area contributed by atoms with Gasteiger partial charge in [0.2, 0.25) is 5.91 Å². The van der Waals surface area contributed by atoms with Crippen molar-refractivity contribution in [1.82, 2.24) is 10.2 Å². The molecule has 118 valence electrons. The van der Waals surface area contributed by atoms with Gasteiger partial charge in [0.15, 0.2) is 0 Å². The van der Waals surface area contributed by atoms with Crippen molar-refractivity contribution in [2.45, 2.75) is 18.9 Å². The summed E-state index contributed by atoms with van der Waals surface area (Å²) >= 11 is 0. The molecule has 1 aromatic rings. The van der Waals surface area contributed by atoms with Crippen LogP contribution in [0.15, 0.2) is 18.2 Å². The van der Waals surface area contributed by atoms with Gasteiger partial charge in [0.05, 0.1) is 27.3 Å². The van der Waals surface area contributed by atoms with Gasteiger partial charge in [-0.25, -0.2) is 0 Å². The maximum atomic E-state index is 11.9. The first-order valence-electron chi connectivity index (χ1n) is 7.35. The molecule has 1 aromatic carbocycles. The van der Waals surface area contributed by atoms with E-state index in [9.17, 15) is 4.79 Å². The number of methoxy groups -OCH3 is 2. The lowest BCUT2D eigenvalue weighted by atomic mass is 10.0. The summed E-state index contributed by atoms with van der Waals surface area (Å²) in [4.78, 5) is 14.1. The Labute approximate surface area is 131 Å². The summed E-state index contributed by atoms with van der Waals surface area (Å²) < 4.78 is 10.8. The molecule has 1 atom stereocenters. The first-order valence-corrected chi connectivity index (χ1v) is 7.35. The van der Waals surface area contributed by atoms with Crippen LogP contribution in [0.2, 0.25) is 0 Å². The summed E-state index contributed by atoms with van der Waals surface area (Å²) in [7, 11) is 3.30. The molecule has 1 saturated heterocycles. The highest BCUT2D eigenvalue weighted by molar-refractivity contribution is 5.78. The molecule has 22 heavy (non-hydrogen) atoms. The fraction of sp³-hybridized carbons (Fsp3) is 0.471. The number of hydrogen-bond donors (Lipinski definition) is 1. The van der Waals surface area contributed by atoms with Gasteiger partial charge in [-0.3, -0.25) is 9.69 Å². The number of nitrogens with zero attached hydrogens (tertiary/aromatic N) is 1. The Kier molecular flexibility index (Phi) is 5.68. The van der Waals surface area contributed by atoms with Gasteiger partial charge in [-0.1, -0.05) is 5.92 Å². The van der Waals surface area contributed by atoms with Crippen molar-refractivity contribution in [2.75, 3.05) is 33.9 Å². The third kappa shape index (κ3) is 3.71. The van der Waals surface area contributed by atoms with Gasteiger partial charge in [-0.2, -0.15) is 0 Å². The summed E-state index contributed by atoms with van der Waals surface area (Å²) in [5.41, 5.74) is 1.06.